The zero-order valence-electron chi connectivity index (χ0n) is 15.6. The molecule has 4 rings (SSSR count). The largest absolute Gasteiger partial charge is 0.444 e. The van der Waals surface area contributed by atoms with Gasteiger partial charge in [-0.15, -0.1) is 0 Å². The Balaban J connectivity index is 1.42. The second kappa shape index (κ2) is 6.57. The molecule has 1 saturated heterocycles. The molecule has 1 aliphatic rings. The van der Waals surface area contributed by atoms with Crippen LogP contribution in [0.1, 0.15) is 20.8 Å². The van der Waals surface area contributed by atoms with Crippen LogP contribution in [0.5, 0.6) is 0 Å². The van der Waals surface area contributed by atoms with E-state index < -0.39 is 5.60 Å². The topological polar surface area (TPSA) is 100 Å². The maximum absolute atomic E-state index is 12.2. The number of nitrogens with one attached hydrogen (secondary N) is 1. The van der Waals surface area contributed by atoms with Crippen LogP contribution < -0.4 is 4.90 Å². The highest BCUT2D eigenvalue weighted by Gasteiger charge is 2.28. The monoisotopic (exact) mass is 370 g/mol. The first-order valence-electron chi connectivity index (χ1n) is 8.91. The maximum atomic E-state index is 12.2. The highest BCUT2D eigenvalue weighted by atomic mass is 16.6. The molecule has 9 nitrogen and oxygen atoms in total. The molecule has 0 unspecified atom stereocenters. The van der Waals surface area contributed by atoms with Crippen molar-refractivity contribution in [2.24, 2.45) is 0 Å². The lowest BCUT2D eigenvalue weighted by Gasteiger charge is -2.34. The second-order valence-electron chi connectivity index (χ2n) is 7.46. The fraction of sp³-hybridized carbons (Fsp3) is 0.444. The first-order valence-corrected chi connectivity index (χ1v) is 8.91. The molecule has 1 N–H and O–H groups in total. The summed E-state index contributed by atoms with van der Waals surface area (Å²) in [6.45, 7) is 7.86. The van der Waals surface area contributed by atoms with E-state index in [9.17, 15) is 4.79 Å². The van der Waals surface area contributed by atoms with Crippen molar-refractivity contribution in [1.82, 2.24) is 25.0 Å². The van der Waals surface area contributed by atoms with Crippen LogP contribution in [0.4, 0.5) is 10.8 Å². The average Bonchev–Trinajstić information content (AvgIpc) is 3.27. The van der Waals surface area contributed by atoms with Crippen molar-refractivity contribution >= 4 is 23.1 Å². The van der Waals surface area contributed by atoms with Gasteiger partial charge in [-0.05, 0) is 32.9 Å². The van der Waals surface area contributed by atoms with Crippen LogP contribution in [-0.2, 0) is 4.74 Å². The maximum Gasteiger partial charge on any atom is 0.410 e. The number of imidazole rings is 1. The van der Waals surface area contributed by atoms with Crippen molar-refractivity contribution in [3.8, 4) is 11.6 Å². The molecule has 0 spiro atoms. The number of hydrogen-bond donors (Lipinski definition) is 1. The minimum atomic E-state index is -0.498. The molecule has 2 aromatic heterocycles. The first kappa shape index (κ1) is 17.3. The van der Waals surface area contributed by atoms with Crippen molar-refractivity contribution < 1.29 is 14.1 Å². The van der Waals surface area contributed by atoms with Crippen molar-refractivity contribution in [3.05, 3.63) is 24.3 Å². The van der Waals surface area contributed by atoms with Gasteiger partial charge in [0, 0.05) is 26.2 Å². The van der Waals surface area contributed by atoms with Gasteiger partial charge in [0.2, 0.25) is 5.82 Å². The summed E-state index contributed by atoms with van der Waals surface area (Å²) in [5.41, 5.74) is 1.27. The predicted octanol–water partition coefficient (Wildman–Crippen LogP) is 2.67. The highest BCUT2D eigenvalue weighted by molar-refractivity contribution is 5.78. The van der Waals surface area contributed by atoms with Crippen molar-refractivity contribution in [2.75, 3.05) is 31.1 Å². The number of carbonyl (C=O) groups excluding carboxylic acids is 1. The Bertz CT molecular complexity index is 916. The molecule has 3 heterocycles. The number of hydrogen-bond acceptors (Lipinski definition) is 7. The second-order valence-corrected chi connectivity index (χ2v) is 7.46. The van der Waals surface area contributed by atoms with Crippen molar-refractivity contribution in [2.45, 2.75) is 26.4 Å². The average molecular weight is 370 g/mol. The summed E-state index contributed by atoms with van der Waals surface area (Å²) in [4.78, 5) is 27.9. The van der Waals surface area contributed by atoms with E-state index in [-0.39, 0.29) is 6.09 Å². The van der Waals surface area contributed by atoms with Gasteiger partial charge in [0.1, 0.15) is 5.60 Å². The first-order chi connectivity index (χ1) is 12.9. The number of carbonyl (C=O) groups is 1. The lowest BCUT2D eigenvalue weighted by atomic mass is 10.2. The molecule has 142 valence electrons. The molecule has 0 bridgehead atoms. The summed E-state index contributed by atoms with van der Waals surface area (Å²) in [6, 6.07) is 8.17. The van der Waals surface area contributed by atoms with Crippen LogP contribution in [0.2, 0.25) is 0 Å². The van der Waals surface area contributed by atoms with Gasteiger partial charge in [0.05, 0.1) is 11.0 Å². The fourth-order valence-corrected chi connectivity index (χ4v) is 2.91. The molecular weight excluding hydrogens is 348 g/mol. The number of nitrogens with zero attached hydrogens (tertiary/aromatic N) is 5. The SMILES string of the molecule is CC(C)(C)OC(=O)N1CCN(c2nc(-c3nc4ccccc4[nH]3)no2)CC1. The lowest BCUT2D eigenvalue weighted by molar-refractivity contribution is 0.0238. The minimum Gasteiger partial charge on any atom is -0.444 e. The molecule has 1 fully saturated rings. The van der Waals surface area contributed by atoms with Crippen LogP contribution in [0, 0.1) is 0 Å². The quantitative estimate of drug-likeness (QED) is 0.740. The van der Waals surface area contributed by atoms with Gasteiger partial charge in [0.15, 0.2) is 5.82 Å². The third-order valence-corrected chi connectivity index (χ3v) is 4.22. The van der Waals surface area contributed by atoms with Crippen LogP contribution >= 0.6 is 0 Å². The van der Waals surface area contributed by atoms with Gasteiger partial charge < -0.3 is 24.0 Å². The van der Waals surface area contributed by atoms with E-state index in [1.807, 2.05) is 49.9 Å². The lowest BCUT2D eigenvalue weighted by Crippen LogP contribution is -2.50. The van der Waals surface area contributed by atoms with Crippen LogP contribution in [0.25, 0.3) is 22.7 Å². The molecule has 3 aromatic rings. The van der Waals surface area contributed by atoms with E-state index in [0.29, 0.717) is 43.8 Å². The molecule has 0 saturated carbocycles. The van der Waals surface area contributed by atoms with Crippen LogP contribution in [0.15, 0.2) is 28.8 Å². The third kappa shape index (κ3) is 3.71. The summed E-state index contributed by atoms with van der Waals surface area (Å²) in [5, 5.41) is 4.03. The van der Waals surface area contributed by atoms with Crippen molar-refractivity contribution in [3.63, 3.8) is 0 Å². The van der Waals surface area contributed by atoms with E-state index in [0.717, 1.165) is 11.0 Å². The molecule has 1 aliphatic heterocycles. The zero-order chi connectivity index (χ0) is 19.0. The Morgan fingerprint density at radius 1 is 1.15 bits per heavy atom. The van der Waals surface area contributed by atoms with Crippen LogP contribution in [-0.4, -0.2) is 62.9 Å². The van der Waals surface area contributed by atoms with E-state index in [2.05, 4.69) is 20.1 Å². The Morgan fingerprint density at radius 3 is 2.59 bits per heavy atom. The smallest absolute Gasteiger partial charge is 0.410 e. The number of piperazine rings is 1. The van der Waals surface area contributed by atoms with Crippen molar-refractivity contribution in [1.29, 1.82) is 0 Å². The summed E-state index contributed by atoms with van der Waals surface area (Å²) >= 11 is 0. The highest BCUT2D eigenvalue weighted by Crippen LogP contribution is 2.22. The summed E-state index contributed by atoms with van der Waals surface area (Å²) in [6.07, 6.45) is -0.296. The number of fused-ring (bicyclic) bond motifs is 1. The van der Waals surface area contributed by atoms with Gasteiger partial charge in [-0.2, -0.15) is 4.98 Å². The summed E-state index contributed by atoms with van der Waals surface area (Å²) in [7, 11) is 0. The standard InChI is InChI=1S/C18H22N6O3/c1-18(2,3)26-17(25)24-10-8-23(9-11-24)16-21-15(22-27-16)14-19-12-6-4-5-7-13(12)20-14/h4-7H,8-11H2,1-3H3,(H,19,20). The van der Waals surface area contributed by atoms with Gasteiger partial charge in [-0.3, -0.25) is 0 Å². The third-order valence-electron chi connectivity index (χ3n) is 4.22. The van der Waals surface area contributed by atoms with E-state index >= 15 is 0 Å². The number of aromatic amines is 1. The van der Waals surface area contributed by atoms with Gasteiger partial charge in [0.25, 0.3) is 0 Å². The molecule has 0 radical (unpaired) electrons. The molecule has 1 amide bonds. The summed E-state index contributed by atoms with van der Waals surface area (Å²) < 4.78 is 10.8. The van der Waals surface area contributed by atoms with Gasteiger partial charge in [-0.1, -0.05) is 17.3 Å². The molecule has 9 heteroatoms. The molecular formula is C18H22N6O3. The normalized spacial score (nSPS) is 15.4. The molecule has 27 heavy (non-hydrogen) atoms. The predicted molar refractivity (Wildman–Crippen MR) is 99.4 cm³/mol. The zero-order valence-corrected chi connectivity index (χ0v) is 15.6. The Labute approximate surface area is 156 Å². The van der Waals surface area contributed by atoms with E-state index in [1.54, 1.807) is 4.90 Å². The molecule has 0 atom stereocenters. The van der Waals surface area contributed by atoms with E-state index in [4.69, 9.17) is 9.26 Å². The van der Waals surface area contributed by atoms with Gasteiger partial charge >= 0.3 is 12.1 Å². The number of H-pyrrole nitrogens is 1. The number of rotatable bonds is 2. The Hall–Kier alpha value is -3.10. The summed E-state index contributed by atoms with van der Waals surface area (Å²) in [5.74, 6) is 0.981. The Morgan fingerprint density at radius 2 is 1.89 bits per heavy atom. The minimum absolute atomic E-state index is 0.296. The molecule has 0 aliphatic carbocycles. The number of benzene rings is 1. The number of amides is 1. The number of para-hydroxylation sites is 2. The Kier molecular flexibility index (Phi) is 4.21. The number of ether oxygens (including phenoxy) is 1. The molecule has 1 aromatic carbocycles. The van der Waals surface area contributed by atoms with E-state index in [1.165, 1.54) is 0 Å². The fourth-order valence-electron chi connectivity index (χ4n) is 2.91. The number of anilines is 1. The van der Waals surface area contributed by atoms with Crippen LogP contribution in [0.3, 0.4) is 0 Å². The number of aromatic nitrogens is 4. The van der Waals surface area contributed by atoms with Gasteiger partial charge in [-0.25, -0.2) is 9.78 Å².